The minimum absolute atomic E-state index is 0.0666. The van der Waals surface area contributed by atoms with E-state index >= 15 is 0 Å². The summed E-state index contributed by atoms with van der Waals surface area (Å²) in [4.78, 5) is 18.0. The second-order valence-corrected chi connectivity index (χ2v) is 4.78. The maximum Gasteiger partial charge on any atom is 0.417 e. The van der Waals surface area contributed by atoms with Crippen LogP contribution in [-0.4, -0.2) is 21.0 Å². The largest absolute Gasteiger partial charge is 0.478 e. The van der Waals surface area contributed by atoms with Crippen molar-refractivity contribution in [2.45, 2.75) is 16.2 Å². The van der Waals surface area contributed by atoms with Crippen LogP contribution in [-0.2, 0) is 6.18 Å². The topological polar surface area (TPSA) is 63.1 Å². The first-order valence-electron chi connectivity index (χ1n) is 5.38. The molecule has 0 aliphatic carbocycles. The Bertz CT molecular complexity index is 674. The van der Waals surface area contributed by atoms with E-state index in [1.165, 1.54) is 0 Å². The van der Waals surface area contributed by atoms with Gasteiger partial charge in [0.2, 0.25) is 0 Å². The summed E-state index contributed by atoms with van der Waals surface area (Å²) >= 11 is 0.637. The highest BCUT2D eigenvalue weighted by Crippen LogP contribution is 2.32. The van der Waals surface area contributed by atoms with Crippen molar-refractivity contribution in [2.24, 2.45) is 0 Å². The van der Waals surface area contributed by atoms with Crippen molar-refractivity contribution in [3.05, 3.63) is 47.5 Å². The Hall–Kier alpha value is -2.16. The van der Waals surface area contributed by atoms with E-state index in [1.54, 1.807) is 0 Å². The molecule has 0 aromatic carbocycles. The molecule has 2 heterocycles. The molecular formula is C12H6F4N2O2S. The van der Waals surface area contributed by atoms with Gasteiger partial charge in [0.05, 0.1) is 11.1 Å². The van der Waals surface area contributed by atoms with Crippen molar-refractivity contribution in [3.63, 3.8) is 0 Å². The second kappa shape index (κ2) is 5.68. The number of nitrogens with zero attached hydrogens (tertiary/aromatic N) is 2. The van der Waals surface area contributed by atoms with Gasteiger partial charge >= 0.3 is 12.1 Å². The van der Waals surface area contributed by atoms with Gasteiger partial charge < -0.3 is 5.11 Å². The maximum atomic E-state index is 13.8. The van der Waals surface area contributed by atoms with E-state index in [9.17, 15) is 22.4 Å². The predicted octanol–water partition coefficient (Wildman–Crippen LogP) is 3.48. The summed E-state index contributed by atoms with van der Waals surface area (Å²) in [6.45, 7) is 0. The van der Waals surface area contributed by atoms with Crippen LogP contribution in [0.1, 0.15) is 15.9 Å². The predicted molar refractivity (Wildman–Crippen MR) is 64.5 cm³/mol. The van der Waals surface area contributed by atoms with Gasteiger partial charge in [-0.15, -0.1) is 0 Å². The Morgan fingerprint density at radius 2 is 1.90 bits per heavy atom. The lowest BCUT2D eigenvalue weighted by atomic mass is 10.3. The van der Waals surface area contributed by atoms with Gasteiger partial charge in [0.15, 0.2) is 5.82 Å². The Morgan fingerprint density at radius 3 is 2.43 bits per heavy atom. The Labute approximate surface area is 119 Å². The number of hydrogen-bond acceptors (Lipinski definition) is 4. The molecule has 0 aliphatic heterocycles. The third-order valence-corrected chi connectivity index (χ3v) is 3.28. The van der Waals surface area contributed by atoms with Crippen LogP contribution in [0.15, 0.2) is 40.6 Å². The van der Waals surface area contributed by atoms with E-state index in [1.807, 2.05) is 0 Å². The third-order valence-electron chi connectivity index (χ3n) is 2.35. The van der Waals surface area contributed by atoms with Crippen molar-refractivity contribution >= 4 is 17.7 Å². The van der Waals surface area contributed by atoms with Gasteiger partial charge in [-0.05, 0) is 30.0 Å². The number of carboxylic acids is 1. The molecule has 4 nitrogen and oxygen atoms in total. The van der Waals surface area contributed by atoms with Crippen LogP contribution in [0.5, 0.6) is 0 Å². The summed E-state index contributed by atoms with van der Waals surface area (Å²) in [6, 6.07) is 2.85. The molecule has 21 heavy (non-hydrogen) atoms. The standard InChI is InChI=1S/C12H6F4N2O2S/c13-9-7(11(19)20)3-4-17-10(9)21-8-2-1-6(5-18-8)12(14,15)16/h1-5H,(H,19,20). The number of rotatable bonds is 3. The van der Waals surface area contributed by atoms with E-state index in [-0.39, 0.29) is 10.1 Å². The lowest BCUT2D eigenvalue weighted by Crippen LogP contribution is -2.05. The summed E-state index contributed by atoms with van der Waals surface area (Å²) in [6.07, 6.45) is -2.80. The first kappa shape index (κ1) is 15.2. The zero-order valence-electron chi connectivity index (χ0n) is 10.1. The van der Waals surface area contributed by atoms with Crippen LogP contribution in [0, 0.1) is 5.82 Å². The van der Waals surface area contributed by atoms with Crippen molar-refractivity contribution in [3.8, 4) is 0 Å². The van der Waals surface area contributed by atoms with Crippen molar-refractivity contribution < 1.29 is 27.5 Å². The fourth-order valence-corrected chi connectivity index (χ4v) is 2.12. The third kappa shape index (κ3) is 3.48. The molecule has 0 spiro atoms. The molecule has 0 amide bonds. The van der Waals surface area contributed by atoms with Crippen LogP contribution in [0.25, 0.3) is 0 Å². The number of aromatic carboxylic acids is 1. The molecule has 0 atom stereocenters. The summed E-state index contributed by atoms with van der Waals surface area (Å²) in [7, 11) is 0. The Morgan fingerprint density at radius 1 is 1.19 bits per heavy atom. The number of carboxylic acid groups (broad SMARTS) is 1. The highest BCUT2D eigenvalue weighted by Gasteiger charge is 2.30. The molecule has 2 aromatic rings. The zero-order chi connectivity index (χ0) is 15.6. The van der Waals surface area contributed by atoms with Crippen LogP contribution < -0.4 is 0 Å². The van der Waals surface area contributed by atoms with E-state index in [4.69, 9.17) is 5.11 Å². The zero-order valence-corrected chi connectivity index (χ0v) is 10.9. The monoisotopic (exact) mass is 318 g/mol. The van der Waals surface area contributed by atoms with Gasteiger partial charge in [-0.2, -0.15) is 13.2 Å². The maximum absolute atomic E-state index is 13.8. The van der Waals surface area contributed by atoms with Crippen LogP contribution in [0.4, 0.5) is 17.6 Å². The molecule has 1 N–H and O–H groups in total. The van der Waals surface area contributed by atoms with Gasteiger partial charge in [0.25, 0.3) is 0 Å². The fraction of sp³-hybridized carbons (Fsp3) is 0.0833. The quantitative estimate of drug-likeness (QED) is 0.878. The molecule has 0 saturated heterocycles. The summed E-state index contributed by atoms with van der Waals surface area (Å²) in [5, 5.41) is 8.56. The summed E-state index contributed by atoms with van der Waals surface area (Å²) in [5.74, 6) is -2.52. The SMILES string of the molecule is O=C(O)c1ccnc(Sc2ccc(C(F)(F)F)cn2)c1F. The minimum Gasteiger partial charge on any atom is -0.478 e. The van der Waals surface area contributed by atoms with Crippen molar-refractivity contribution in [2.75, 3.05) is 0 Å². The molecule has 0 aliphatic rings. The van der Waals surface area contributed by atoms with E-state index < -0.39 is 29.1 Å². The van der Waals surface area contributed by atoms with Crippen LogP contribution in [0.2, 0.25) is 0 Å². The lowest BCUT2D eigenvalue weighted by Gasteiger charge is -2.07. The number of carbonyl (C=O) groups is 1. The molecule has 0 radical (unpaired) electrons. The molecule has 0 saturated carbocycles. The highest BCUT2D eigenvalue weighted by molar-refractivity contribution is 7.99. The van der Waals surface area contributed by atoms with Gasteiger partial charge in [0.1, 0.15) is 10.1 Å². The van der Waals surface area contributed by atoms with Crippen LogP contribution >= 0.6 is 11.8 Å². The smallest absolute Gasteiger partial charge is 0.417 e. The normalized spacial score (nSPS) is 11.4. The molecular weight excluding hydrogens is 312 g/mol. The van der Waals surface area contributed by atoms with Crippen molar-refractivity contribution in [1.82, 2.24) is 9.97 Å². The molecule has 0 bridgehead atoms. The molecule has 2 aromatic heterocycles. The van der Waals surface area contributed by atoms with E-state index in [0.717, 1.165) is 24.4 Å². The van der Waals surface area contributed by atoms with E-state index in [0.29, 0.717) is 18.0 Å². The summed E-state index contributed by atoms with van der Waals surface area (Å²) < 4.78 is 50.9. The van der Waals surface area contributed by atoms with Crippen molar-refractivity contribution in [1.29, 1.82) is 0 Å². The first-order valence-corrected chi connectivity index (χ1v) is 6.19. The van der Waals surface area contributed by atoms with E-state index in [2.05, 4.69) is 9.97 Å². The lowest BCUT2D eigenvalue weighted by molar-refractivity contribution is -0.137. The molecule has 2 rings (SSSR count). The molecule has 0 fully saturated rings. The van der Waals surface area contributed by atoms with Gasteiger partial charge in [0, 0.05) is 12.4 Å². The average Bonchev–Trinajstić information content (AvgIpc) is 2.40. The van der Waals surface area contributed by atoms with Gasteiger partial charge in [-0.25, -0.2) is 19.2 Å². The Kier molecular flexibility index (Phi) is 4.12. The molecule has 9 heteroatoms. The number of halogens is 4. The minimum atomic E-state index is -4.51. The highest BCUT2D eigenvalue weighted by atomic mass is 32.2. The average molecular weight is 318 g/mol. The van der Waals surface area contributed by atoms with Gasteiger partial charge in [-0.1, -0.05) is 0 Å². The fourth-order valence-electron chi connectivity index (χ4n) is 1.37. The number of hydrogen-bond donors (Lipinski definition) is 1. The Balaban J connectivity index is 2.27. The number of alkyl halides is 3. The number of pyridine rings is 2. The summed E-state index contributed by atoms with van der Waals surface area (Å²) in [5.41, 5.74) is -1.50. The molecule has 110 valence electrons. The van der Waals surface area contributed by atoms with Crippen LogP contribution in [0.3, 0.4) is 0 Å². The molecule has 0 unspecified atom stereocenters. The first-order chi connectivity index (χ1) is 9.79. The second-order valence-electron chi connectivity index (χ2n) is 3.77. The number of aromatic nitrogens is 2. The van der Waals surface area contributed by atoms with Gasteiger partial charge in [-0.3, -0.25) is 0 Å².